The molecular formula is C13H11Br2N3O3. The number of nitro groups is 1. The normalized spacial score (nSPS) is 10.7. The van der Waals surface area contributed by atoms with Gasteiger partial charge in [-0.3, -0.25) is 10.1 Å². The summed E-state index contributed by atoms with van der Waals surface area (Å²) in [6, 6.07) is 6.18. The first-order valence-electron chi connectivity index (χ1n) is 6.03. The molecule has 0 spiro atoms. The van der Waals surface area contributed by atoms with E-state index in [9.17, 15) is 10.1 Å². The van der Waals surface area contributed by atoms with Crippen molar-refractivity contribution in [1.82, 2.24) is 9.97 Å². The highest BCUT2D eigenvalue weighted by Gasteiger charge is 2.20. The van der Waals surface area contributed by atoms with E-state index >= 15 is 0 Å². The second-order valence-electron chi connectivity index (χ2n) is 4.49. The molecule has 0 amide bonds. The second kappa shape index (κ2) is 6.48. The molecule has 0 aliphatic rings. The summed E-state index contributed by atoms with van der Waals surface area (Å²) < 4.78 is 6.65. The first-order chi connectivity index (χ1) is 9.88. The quantitative estimate of drug-likeness (QED) is 0.405. The van der Waals surface area contributed by atoms with Crippen LogP contribution in [0.3, 0.4) is 0 Å². The van der Waals surface area contributed by atoms with Crippen molar-refractivity contribution in [2.45, 2.75) is 19.8 Å². The predicted octanol–water partition coefficient (Wildman–Crippen LogP) is 4.83. The highest BCUT2D eigenvalue weighted by Crippen LogP contribution is 2.37. The fourth-order valence-corrected chi connectivity index (χ4v) is 2.39. The molecule has 110 valence electrons. The zero-order valence-corrected chi connectivity index (χ0v) is 14.4. The molecule has 0 fully saturated rings. The van der Waals surface area contributed by atoms with Crippen molar-refractivity contribution in [3.8, 4) is 11.6 Å². The third-order valence-electron chi connectivity index (χ3n) is 2.55. The lowest BCUT2D eigenvalue weighted by atomic mass is 10.2. The Morgan fingerprint density at radius 1 is 1.29 bits per heavy atom. The first-order valence-corrected chi connectivity index (χ1v) is 7.62. The summed E-state index contributed by atoms with van der Waals surface area (Å²) in [7, 11) is 0. The summed E-state index contributed by atoms with van der Waals surface area (Å²) in [6.07, 6.45) is 0. The summed E-state index contributed by atoms with van der Waals surface area (Å²) in [5.41, 5.74) is -0.134. The summed E-state index contributed by atoms with van der Waals surface area (Å²) in [5, 5.41) is 11.1. The summed E-state index contributed by atoms with van der Waals surface area (Å²) >= 11 is 6.54. The summed E-state index contributed by atoms with van der Waals surface area (Å²) in [6.45, 7) is 3.90. The Morgan fingerprint density at radius 2 is 2.00 bits per heavy atom. The number of ether oxygens (including phenoxy) is 1. The van der Waals surface area contributed by atoms with E-state index in [1.165, 1.54) is 6.07 Å². The van der Waals surface area contributed by atoms with Gasteiger partial charge in [0.05, 0.1) is 9.40 Å². The average Bonchev–Trinajstić information content (AvgIpc) is 2.40. The number of aromatic nitrogens is 2. The van der Waals surface area contributed by atoms with E-state index in [1.54, 1.807) is 18.2 Å². The van der Waals surface area contributed by atoms with E-state index in [-0.39, 0.29) is 23.2 Å². The van der Waals surface area contributed by atoms with E-state index < -0.39 is 4.92 Å². The highest BCUT2D eigenvalue weighted by molar-refractivity contribution is 9.10. The molecule has 0 saturated carbocycles. The van der Waals surface area contributed by atoms with Gasteiger partial charge in [-0.2, -0.15) is 4.98 Å². The second-order valence-corrected chi connectivity index (χ2v) is 6.16. The van der Waals surface area contributed by atoms with Crippen LogP contribution in [0.15, 0.2) is 33.3 Å². The molecule has 0 saturated heterocycles. The van der Waals surface area contributed by atoms with Crippen LogP contribution in [0.1, 0.15) is 25.6 Å². The molecule has 0 aliphatic heterocycles. The van der Waals surface area contributed by atoms with Gasteiger partial charge in [-0.1, -0.05) is 19.9 Å². The van der Waals surface area contributed by atoms with Gasteiger partial charge in [-0.15, -0.1) is 0 Å². The number of nitro benzene ring substituents is 1. The number of hydrogen-bond donors (Lipinski definition) is 0. The van der Waals surface area contributed by atoms with Crippen molar-refractivity contribution in [3.63, 3.8) is 0 Å². The van der Waals surface area contributed by atoms with Gasteiger partial charge < -0.3 is 4.74 Å². The Kier molecular flexibility index (Phi) is 4.89. The monoisotopic (exact) mass is 415 g/mol. The lowest BCUT2D eigenvalue weighted by molar-refractivity contribution is -0.385. The Balaban J connectivity index is 2.45. The molecule has 2 rings (SSSR count). The molecule has 0 N–H and O–H groups in total. The van der Waals surface area contributed by atoms with Crippen LogP contribution in [-0.4, -0.2) is 14.9 Å². The highest BCUT2D eigenvalue weighted by atomic mass is 79.9. The van der Waals surface area contributed by atoms with Crippen LogP contribution in [-0.2, 0) is 0 Å². The molecule has 0 atom stereocenters. The molecule has 0 radical (unpaired) electrons. The van der Waals surface area contributed by atoms with E-state index in [0.717, 1.165) is 0 Å². The number of rotatable bonds is 4. The van der Waals surface area contributed by atoms with Crippen molar-refractivity contribution in [2.75, 3.05) is 0 Å². The zero-order chi connectivity index (χ0) is 15.6. The Morgan fingerprint density at radius 3 is 2.62 bits per heavy atom. The van der Waals surface area contributed by atoms with Crippen molar-refractivity contribution >= 4 is 37.5 Å². The van der Waals surface area contributed by atoms with Crippen LogP contribution in [0.4, 0.5) is 5.69 Å². The SMILES string of the molecule is CC(C)c1nc(Br)cc(Oc2c(Br)cccc2[N+](=O)[O-])n1. The summed E-state index contributed by atoms with van der Waals surface area (Å²) in [4.78, 5) is 19.1. The van der Waals surface area contributed by atoms with Gasteiger partial charge in [-0.05, 0) is 37.9 Å². The molecule has 1 aromatic heterocycles. The predicted molar refractivity (Wildman–Crippen MR) is 84.7 cm³/mol. The van der Waals surface area contributed by atoms with E-state index in [4.69, 9.17) is 4.74 Å². The lowest BCUT2D eigenvalue weighted by Gasteiger charge is -2.10. The molecule has 8 heteroatoms. The average molecular weight is 417 g/mol. The largest absolute Gasteiger partial charge is 0.430 e. The third-order valence-corrected chi connectivity index (χ3v) is 3.59. The number of hydrogen-bond acceptors (Lipinski definition) is 5. The maximum absolute atomic E-state index is 11.1. The molecule has 2 aromatic rings. The fraction of sp³-hybridized carbons (Fsp3) is 0.231. The fourth-order valence-electron chi connectivity index (χ4n) is 1.57. The third kappa shape index (κ3) is 3.76. The van der Waals surface area contributed by atoms with E-state index in [2.05, 4.69) is 41.8 Å². The molecule has 6 nitrogen and oxygen atoms in total. The van der Waals surface area contributed by atoms with Gasteiger partial charge in [0.25, 0.3) is 0 Å². The molecule has 21 heavy (non-hydrogen) atoms. The summed E-state index contributed by atoms with van der Waals surface area (Å²) in [5.74, 6) is 1.06. The molecule has 1 aromatic carbocycles. The minimum atomic E-state index is -0.500. The van der Waals surface area contributed by atoms with E-state index in [0.29, 0.717) is 14.9 Å². The molecule has 0 aliphatic carbocycles. The zero-order valence-electron chi connectivity index (χ0n) is 11.2. The van der Waals surface area contributed by atoms with Crippen LogP contribution in [0.5, 0.6) is 11.6 Å². The maximum atomic E-state index is 11.1. The Hall–Kier alpha value is -1.54. The number of benzene rings is 1. The van der Waals surface area contributed by atoms with Crippen molar-refractivity contribution < 1.29 is 9.66 Å². The number of halogens is 2. The van der Waals surface area contributed by atoms with Crippen LogP contribution in [0.2, 0.25) is 0 Å². The maximum Gasteiger partial charge on any atom is 0.312 e. The minimum Gasteiger partial charge on any atom is -0.430 e. The van der Waals surface area contributed by atoms with Gasteiger partial charge in [0.1, 0.15) is 10.4 Å². The topological polar surface area (TPSA) is 78.2 Å². The van der Waals surface area contributed by atoms with Gasteiger partial charge in [-0.25, -0.2) is 4.98 Å². The van der Waals surface area contributed by atoms with Crippen molar-refractivity contribution in [2.24, 2.45) is 0 Å². The molecular weight excluding hydrogens is 406 g/mol. The van der Waals surface area contributed by atoms with Crippen LogP contribution >= 0.6 is 31.9 Å². The van der Waals surface area contributed by atoms with Crippen LogP contribution in [0.25, 0.3) is 0 Å². The van der Waals surface area contributed by atoms with Crippen LogP contribution < -0.4 is 4.74 Å². The molecule has 1 heterocycles. The lowest BCUT2D eigenvalue weighted by Crippen LogP contribution is -2.01. The Labute approximate surface area is 138 Å². The van der Waals surface area contributed by atoms with Gasteiger partial charge in [0.15, 0.2) is 0 Å². The Bertz CT molecular complexity index is 692. The van der Waals surface area contributed by atoms with E-state index in [1.807, 2.05) is 13.8 Å². The number of nitrogens with zero attached hydrogens (tertiary/aromatic N) is 3. The van der Waals surface area contributed by atoms with Gasteiger partial charge in [0.2, 0.25) is 11.6 Å². The van der Waals surface area contributed by atoms with Crippen LogP contribution in [0, 0.1) is 10.1 Å². The van der Waals surface area contributed by atoms with Crippen molar-refractivity contribution in [1.29, 1.82) is 0 Å². The van der Waals surface area contributed by atoms with Gasteiger partial charge >= 0.3 is 5.69 Å². The first kappa shape index (κ1) is 15.8. The van der Waals surface area contributed by atoms with Gasteiger partial charge in [0, 0.05) is 18.1 Å². The van der Waals surface area contributed by atoms with Crippen molar-refractivity contribution in [3.05, 3.63) is 49.3 Å². The molecule has 0 bridgehead atoms. The minimum absolute atomic E-state index is 0.110. The molecule has 0 unspecified atom stereocenters. The number of para-hydroxylation sites is 1. The smallest absolute Gasteiger partial charge is 0.312 e. The standard InChI is InChI=1S/C13H11Br2N3O3/c1-7(2)13-16-10(15)6-11(17-13)21-12-8(14)4-3-5-9(12)18(19)20/h3-7H,1-2H3.